The van der Waals surface area contributed by atoms with Crippen molar-refractivity contribution >= 4 is 26.7 Å². The van der Waals surface area contributed by atoms with Crippen LogP contribution in [0.4, 0.5) is 5.13 Å². The number of para-hydroxylation sites is 1. The lowest BCUT2D eigenvalue weighted by atomic mass is 10.1. The van der Waals surface area contributed by atoms with Gasteiger partial charge >= 0.3 is 0 Å². The van der Waals surface area contributed by atoms with Crippen molar-refractivity contribution in [3.8, 4) is 5.75 Å². The Morgan fingerprint density at radius 1 is 1.09 bits per heavy atom. The van der Waals surface area contributed by atoms with Crippen LogP contribution in [0.3, 0.4) is 0 Å². The van der Waals surface area contributed by atoms with Crippen LogP contribution in [0.2, 0.25) is 0 Å². The number of anilines is 1. The predicted molar refractivity (Wildman–Crippen MR) is 95.5 cm³/mol. The molecule has 2 rings (SSSR count). The summed E-state index contributed by atoms with van der Waals surface area (Å²) < 4.78 is 7.00. The van der Waals surface area contributed by atoms with Gasteiger partial charge in [0, 0.05) is 0 Å². The van der Waals surface area contributed by atoms with Gasteiger partial charge in [0.05, 0.1) is 11.3 Å². The molecule has 0 bridgehead atoms. The molecule has 0 aliphatic heterocycles. The minimum absolute atomic E-state index is 0.720. The number of nitrogen functional groups attached to an aromatic ring is 1. The molecule has 0 saturated heterocycles. The Balaban J connectivity index is 1.68. The topological polar surface area (TPSA) is 60.2 Å². The summed E-state index contributed by atoms with van der Waals surface area (Å²) in [5, 5.41) is 0.720. The highest BCUT2D eigenvalue weighted by molar-refractivity contribution is 7.22. The largest absolute Gasteiger partial charge is 0.491 e. The number of hydrogen-bond acceptors (Lipinski definition) is 5. The molecule has 122 valence electrons. The summed E-state index contributed by atoms with van der Waals surface area (Å²) in [7, 11) is 0. The number of hydrazine groups is 1. The van der Waals surface area contributed by atoms with Crippen molar-refractivity contribution in [2.24, 2.45) is 5.84 Å². The Morgan fingerprint density at radius 2 is 1.82 bits per heavy atom. The number of unbranched alkanes of at least 4 members (excludes halogenated alkanes) is 7. The Labute approximate surface area is 137 Å². The van der Waals surface area contributed by atoms with E-state index in [-0.39, 0.29) is 0 Å². The number of nitrogens with zero attached hydrogens (tertiary/aromatic N) is 1. The molecule has 2 aromatic rings. The molecule has 0 radical (unpaired) electrons. The molecular formula is C17H27N3OS. The van der Waals surface area contributed by atoms with Gasteiger partial charge in [-0.15, -0.1) is 0 Å². The van der Waals surface area contributed by atoms with Crippen LogP contribution in [0.15, 0.2) is 18.2 Å². The van der Waals surface area contributed by atoms with Crippen molar-refractivity contribution in [3.05, 3.63) is 18.2 Å². The zero-order valence-corrected chi connectivity index (χ0v) is 14.3. The van der Waals surface area contributed by atoms with E-state index in [1.54, 1.807) is 11.3 Å². The van der Waals surface area contributed by atoms with E-state index in [2.05, 4.69) is 17.3 Å². The Kier molecular flexibility index (Phi) is 7.46. The third-order valence-corrected chi connectivity index (χ3v) is 4.71. The number of fused-ring (bicyclic) bond motifs is 1. The number of nitrogens with two attached hydrogens (primary N) is 1. The Hall–Kier alpha value is -1.33. The zero-order chi connectivity index (χ0) is 15.6. The summed E-state index contributed by atoms with van der Waals surface area (Å²) in [6, 6.07) is 6.02. The third-order valence-electron chi connectivity index (χ3n) is 3.76. The normalized spacial score (nSPS) is 11.0. The van der Waals surface area contributed by atoms with E-state index in [1.165, 1.54) is 44.9 Å². The van der Waals surface area contributed by atoms with Gasteiger partial charge in [-0.3, -0.25) is 5.43 Å². The number of hydrogen-bond donors (Lipinski definition) is 2. The molecule has 0 saturated carbocycles. The smallest absolute Gasteiger partial charge is 0.198 e. The summed E-state index contributed by atoms with van der Waals surface area (Å²) in [5.74, 6) is 6.28. The van der Waals surface area contributed by atoms with Crippen LogP contribution in [-0.4, -0.2) is 11.6 Å². The molecule has 1 heterocycles. The van der Waals surface area contributed by atoms with E-state index in [0.29, 0.717) is 0 Å². The van der Waals surface area contributed by atoms with Gasteiger partial charge in [-0.1, -0.05) is 69.3 Å². The summed E-state index contributed by atoms with van der Waals surface area (Å²) in [6.07, 6.45) is 10.5. The van der Waals surface area contributed by atoms with Crippen molar-refractivity contribution in [1.82, 2.24) is 4.98 Å². The van der Waals surface area contributed by atoms with E-state index >= 15 is 0 Å². The fourth-order valence-electron chi connectivity index (χ4n) is 2.52. The molecule has 0 amide bonds. The average molecular weight is 321 g/mol. The minimum Gasteiger partial charge on any atom is -0.491 e. The second-order valence-electron chi connectivity index (χ2n) is 5.59. The first-order chi connectivity index (χ1) is 10.8. The molecule has 0 spiro atoms. The van der Waals surface area contributed by atoms with Crippen molar-refractivity contribution in [2.45, 2.75) is 58.3 Å². The highest BCUT2D eigenvalue weighted by Crippen LogP contribution is 2.31. The molecule has 3 N–H and O–H groups in total. The lowest BCUT2D eigenvalue weighted by Gasteiger charge is -2.06. The van der Waals surface area contributed by atoms with E-state index in [1.807, 2.05) is 18.2 Å². The molecule has 0 atom stereocenters. The number of benzene rings is 1. The molecule has 0 unspecified atom stereocenters. The molecule has 1 aromatic carbocycles. The number of ether oxygens (including phenoxy) is 1. The first kappa shape index (κ1) is 17.0. The SMILES string of the molecule is CCCCCCCCCCOc1cccc2sc(NN)nc12. The van der Waals surface area contributed by atoms with E-state index < -0.39 is 0 Å². The van der Waals surface area contributed by atoms with Gasteiger partial charge < -0.3 is 4.74 Å². The van der Waals surface area contributed by atoms with Gasteiger partial charge in [0.2, 0.25) is 0 Å². The van der Waals surface area contributed by atoms with Crippen LogP contribution in [0.5, 0.6) is 5.75 Å². The maximum Gasteiger partial charge on any atom is 0.198 e. The van der Waals surface area contributed by atoms with E-state index in [9.17, 15) is 0 Å². The van der Waals surface area contributed by atoms with Crippen LogP contribution in [0.1, 0.15) is 58.3 Å². The number of aromatic nitrogens is 1. The fraction of sp³-hybridized carbons (Fsp3) is 0.588. The first-order valence-electron chi connectivity index (χ1n) is 8.34. The van der Waals surface area contributed by atoms with Crippen LogP contribution in [0.25, 0.3) is 10.2 Å². The van der Waals surface area contributed by atoms with Gasteiger partial charge in [0.1, 0.15) is 11.3 Å². The Morgan fingerprint density at radius 3 is 2.55 bits per heavy atom. The van der Waals surface area contributed by atoms with Crippen LogP contribution < -0.4 is 16.0 Å². The lowest BCUT2D eigenvalue weighted by Crippen LogP contribution is -2.05. The molecule has 22 heavy (non-hydrogen) atoms. The second kappa shape index (κ2) is 9.64. The predicted octanol–water partition coefficient (Wildman–Crippen LogP) is 5.10. The molecule has 5 heteroatoms. The highest BCUT2D eigenvalue weighted by Gasteiger charge is 2.08. The van der Waals surface area contributed by atoms with Gasteiger partial charge in [-0.25, -0.2) is 10.8 Å². The van der Waals surface area contributed by atoms with Crippen molar-refractivity contribution in [3.63, 3.8) is 0 Å². The van der Waals surface area contributed by atoms with Crippen LogP contribution >= 0.6 is 11.3 Å². The third kappa shape index (κ3) is 5.14. The highest BCUT2D eigenvalue weighted by atomic mass is 32.1. The maximum absolute atomic E-state index is 5.90. The summed E-state index contributed by atoms with van der Waals surface area (Å²) in [4.78, 5) is 4.45. The first-order valence-corrected chi connectivity index (χ1v) is 9.15. The molecule has 1 aromatic heterocycles. The van der Waals surface area contributed by atoms with Crippen LogP contribution in [0, 0.1) is 0 Å². The van der Waals surface area contributed by atoms with Gasteiger partial charge in [-0.05, 0) is 18.6 Å². The number of rotatable bonds is 11. The molecule has 0 aliphatic carbocycles. The lowest BCUT2D eigenvalue weighted by molar-refractivity contribution is 0.307. The Bertz CT molecular complexity index is 556. The van der Waals surface area contributed by atoms with Crippen molar-refractivity contribution in [1.29, 1.82) is 0 Å². The summed E-state index contributed by atoms with van der Waals surface area (Å²) in [6.45, 7) is 3.02. The standard InChI is InChI=1S/C17H27N3OS/c1-2-3-4-5-6-7-8-9-13-21-14-11-10-12-15-16(14)19-17(20-18)22-15/h10-12H,2-9,13,18H2,1H3,(H,19,20). The summed E-state index contributed by atoms with van der Waals surface area (Å²) in [5.41, 5.74) is 3.50. The van der Waals surface area contributed by atoms with Gasteiger partial charge in [-0.2, -0.15) is 0 Å². The molecule has 0 fully saturated rings. The molecular weight excluding hydrogens is 294 g/mol. The second-order valence-corrected chi connectivity index (χ2v) is 6.62. The van der Waals surface area contributed by atoms with Gasteiger partial charge in [0.25, 0.3) is 0 Å². The summed E-state index contributed by atoms with van der Waals surface area (Å²) >= 11 is 1.54. The van der Waals surface area contributed by atoms with Crippen LogP contribution in [-0.2, 0) is 0 Å². The van der Waals surface area contributed by atoms with Crippen molar-refractivity contribution in [2.75, 3.05) is 12.0 Å². The minimum atomic E-state index is 0.720. The maximum atomic E-state index is 5.90. The van der Waals surface area contributed by atoms with Gasteiger partial charge in [0.15, 0.2) is 5.13 Å². The average Bonchev–Trinajstić information content (AvgIpc) is 2.97. The zero-order valence-electron chi connectivity index (χ0n) is 13.4. The quantitative estimate of drug-likeness (QED) is 0.343. The van der Waals surface area contributed by atoms with Crippen molar-refractivity contribution < 1.29 is 4.74 Å². The fourth-order valence-corrected chi connectivity index (χ4v) is 3.31. The monoisotopic (exact) mass is 321 g/mol. The molecule has 4 nitrogen and oxygen atoms in total. The number of nitrogens with one attached hydrogen (secondary N) is 1. The van der Waals surface area contributed by atoms with E-state index in [0.717, 1.165) is 34.1 Å². The molecule has 0 aliphatic rings. The number of thiazole rings is 1. The van der Waals surface area contributed by atoms with E-state index in [4.69, 9.17) is 10.6 Å².